The summed E-state index contributed by atoms with van der Waals surface area (Å²) in [5.74, 6) is 1.87. The van der Waals surface area contributed by atoms with Crippen molar-refractivity contribution in [2.24, 2.45) is 11.3 Å². The molecule has 0 aromatic heterocycles. The molecule has 1 heterocycles. The lowest BCUT2D eigenvalue weighted by Crippen LogP contribution is -2.61. The van der Waals surface area contributed by atoms with Crippen molar-refractivity contribution in [2.45, 2.75) is 69.3 Å². The molecule has 1 aromatic rings. The second-order valence-corrected chi connectivity index (χ2v) is 9.68. The third kappa shape index (κ3) is 2.81. The van der Waals surface area contributed by atoms with E-state index >= 15 is 0 Å². The van der Waals surface area contributed by atoms with E-state index in [2.05, 4.69) is 29.2 Å². The summed E-state index contributed by atoms with van der Waals surface area (Å²) in [6.45, 7) is 3.73. The molecule has 1 atom stereocenters. The molecule has 134 valence electrons. The van der Waals surface area contributed by atoms with Crippen LogP contribution in [-0.4, -0.2) is 34.6 Å². The molecule has 1 amide bonds. The summed E-state index contributed by atoms with van der Waals surface area (Å²) in [4.78, 5) is 14.6. The smallest absolute Gasteiger partial charge is 0.225 e. The van der Waals surface area contributed by atoms with E-state index in [0.717, 1.165) is 19.0 Å². The molecule has 3 saturated carbocycles. The molecule has 1 aliphatic heterocycles. The Bertz CT molecular complexity index is 674. The number of aliphatic hydroxyl groups is 1. The first-order valence-corrected chi connectivity index (χ1v) is 10.0. The zero-order chi connectivity index (χ0) is 17.2. The Morgan fingerprint density at radius 1 is 1.00 bits per heavy atom. The predicted molar refractivity (Wildman–Crippen MR) is 97.4 cm³/mol. The van der Waals surface area contributed by atoms with Crippen molar-refractivity contribution in [2.75, 3.05) is 13.1 Å². The monoisotopic (exact) mass is 339 g/mol. The number of hydrogen-bond donors (Lipinski definition) is 1. The van der Waals surface area contributed by atoms with Crippen LogP contribution in [0.5, 0.6) is 0 Å². The maximum Gasteiger partial charge on any atom is 0.225 e. The fourth-order valence-electron chi connectivity index (χ4n) is 5.59. The Morgan fingerprint density at radius 2 is 1.60 bits per heavy atom. The Kier molecular flexibility index (Phi) is 3.38. The van der Waals surface area contributed by atoms with Gasteiger partial charge in [0.05, 0.1) is 5.60 Å². The van der Waals surface area contributed by atoms with Gasteiger partial charge in [0.15, 0.2) is 0 Å². The van der Waals surface area contributed by atoms with E-state index < -0.39 is 5.60 Å². The molecule has 1 aromatic carbocycles. The summed E-state index contributed by atoms with van der Waals surface area (Å²) in [6.07, 6.45) is 7.79. The normalized spacial score (nSPS) is 36.2. The van der Waals surface area contributed by atoms with Crippen LogP contribution in [0.1, 0.15) is 74.8 Å². The maximum atomic E-state index is 12.5. The van der Waals surface area contributed by atoms with Gasteiger partial charge in [-0.15, -0.1) is 0 Å². The highest BCUT2D eigenvalue weighted by atomic mass is 16.3. The predicted octanol–water partition coefficient (Wildman–Crippen LogP) is 3.82. The highest BCUT2D eigenvalue weighted by molar-refractivity contribution is 5.81. The number of amides is 1. The fourth-order valence-corrected chi connectivity index (χ4v) is 5.59. The summed E-state index contributed by atoms with van der Waals surface area (Å²) in [7, 11) is 0. The number of benzene rings is 1. The van der Waals surface area contributed by atoms with E-state index in [9.17, 15) is 9.90 Å². The zero-order valence-electron chi connectivity index (χ0n) is 15.2. The van der Waals surface area contributed by atoms with Crippen LogP contribution in [0.15, 0.2) is 24.3 Å². The standard InChI is InChI=1S/C22H29NO2/c1-21(25)10-19(11-21)20(24)23-13-22(14-23)9-8-18(12-22)17-6-4-16(5-7-17)15-2-3-15/h4-7,15,18-19,25H,2-3,8-14H2,1H3. The third-order valence-corrected chi connectivity index (χ3v) is 7.24. The van der Waals surface area contributed by atoms with E-state index in [1.807, 2.05) is 6.92 Å². The van der Waals surface area contributed by atoms with Crippen LogP contribution in [-0.2, 0) is 4.79 Å². The first-order valence-electron chi connectivity index (χ1n) is 10.0. The first-order chi connectivity index (χ1) is 11.9. The average Bonchev–Trinajstić information content (AvgIpc) is 3.29. The van der Waals surface area contributed by atoms with Crippen molar-refractivity contribution in [1.82, 2.24) is 4.90 Å². The molecule has 0 radical (unpaired) electrons. The SMILES string of the molecule is CC1(O)CC(C(=O)N2CC3(CCC(c4ccc(C5CC5)cc4)C3)C2)C1. The van der Waals surface area contributed by atoms with Crippen molar-refractivity contribution >= 4 is 5.91 Å². The van der Waals surface area contributed by atoms with Crippen LogP contribution >= 0.6 is 0 Å². The van der Waals surface area contributed by atoms with Crippen LogP contribution in [0.2, 0.25) is 0 Å². The van der Waals surface area contributed by atoms with Crippen LogP contribution in [0.4, 0.5) is 0 Å². The van der Waals surface area contributed by atoms with Crippen LogP contribution in [0, 0.1) is 11.3 Å². The van der Waals surface area contributed by atoms with E-state index in [1.54, 1.807) is 0 Å². The molecule has 4 fully saturated rings. The van der Waals surface area contributed by atoms with Crippen LogP contribution in [0.3, 0.4) is 0 Å². The van der Waals surface area contributed by atoms with Gasteiger partial charge in [0.1, 0.15) is 0 Å². The van der Waals surface area contributed by atoms with Gasteiger partial charge in [0.25, 0.3) is 0 Å². The van der Waals surface area contributed by atoms with Crippen molar-refractivity contribution in [3.05, 3.63) is 35.4 Å². The molecule has 0 bridgehead atoms. The molecule has 3 heteroatoms. The molecule has 3 aliphatic carbocycles. The van der Waals surface area contributed by atoms with Gasteiger partial charge >= 0.3 is 0 Å². The fraction of sp³-hybridized carbons (Fsp3) is 0.682. The number of rotatable bonds is 3. The number of carbonyl (C=O) groups is 1. The quantitative estimate of drug-likeness (QED) is 0.909. The van der Waals surface area contributed by atoms with E-state index in [0.29, 0.717) is 24.2 Å². The van der Waals surface area contributed by atoms with Crippen LogP contribution < -0.4 is 0 Å². The third-order valence-electron chi connectivity index (χ3n) is 7.24. The molecule has 3 nitrogen and oxygen atoms in total. The number of hydrogen-bond acceptors (Lipinski definition) is 2. The van der Waals surface area contributed by atoms with Gasteiger partial charge in [0, 0.05) is 24.4 Å². The summed E-state index contributed by atoms with van der Waals surface area (Å²) >= 11 is 0. The van der Waals surface area contributed by atoms with Crippen molar-refractivity contribution in [3.8, 4) is 0 Å². The van der Waals surface area contributed by atoms with Crippen molar-refractivity contribution < 1.29 is 9.90 Å². The topological polar surface area (TPSA) is 40.5 Å². The van der Waals surface area contributed by atoms with Crippen molar-refractivity contribution in [1.29, 1.82) is 0 Å². The molecule has 1 N–H and O–H groups in total. The summed E-state index contributed by atoms with van der Waals surface area (Å²) in [6, 6.07) is 9.40. The highest BCUT2D eigenvalue weighted by Gasteiger charge is 2.53. The summed E-state index contributed by atoms with van der Waals surface area (Å²) in [5.41, 5.74) is 2.80. The minimum Gasteiger partial charge on any atom is -0.390 e. The van der Waals surface area contributed by atoms with Crippen LogP contribution in [0.25, 0.3) is 0 Å². The molecule has 4 aliphatic rings. The van der Waals surface area contributed by atoms with Gasteiger partial charge in [0.2, 0.25) is 5.91 Å². The average molecular weight is 339 g/mol. The molecular formula is C22H29NO2. The molecule has 5 rings (SSSR count). The minimum absolute atomic E-state index is 0.0690. The molecule has 1 unspecified atom stereocenters. The van der Waals surface area contributed by atoms with E-state index in [-0.39, 0.29) is 11.8 Å². The molecule has 1 saturated heterocycles. The largest absolute Gasteiger partial charge is 0.390 e. The molecule has 1 spiro atoms. The van der Waals surface area contributed by atoms with E-state index in [1.165, 1.54) is 43.2 Å². The van der Waals surface area contributed by atoms with E-state index in [4.69, 9.17) is 0 Å². The van der Waals surface area contributed by atoms with Gasteiger partial charge in [-0.3, -0.25) is 4.79 Å². The maximum absolute atomic E-state index is 12.5. The van der Waals surface area contributed by atoms with Gasteiger partial charge in [-0.25, -0.2) is 0 Å². The molecule has 25 heavy (non-hydrogen) atoms. The lowest BCUT2D eigenvalue weighted by Gasteiger charge is -2.52. The number of carbonyl (C=O) groups excluding carboxylic acids is 1. The Hall–Kier alpha value is -1.35. The summed E-state index contributed by atoms with van der Waals surface area (Å²) < 4.78 is 0. The van der Waals surface area contributed by atoms with Gasteiger partial charge in [-0.1, -0.05) is 24.3 Å². The Balaban J connectivity index is 1.17. The number of likely N-dealkylation sites (tertiary alicyclic amines) is 1. The van der Waals surface area contributed by atoms with Gasteiger partial charge in [-0.2, -0.15) is 0 Å². The number of nitrogens with zero attached hydrogens (tertiary/aromatic N) is 1. The minimum atomic E-state index is -0.603. The second-order valence-electron chi connectivity index (χ2n) is 9.68. The van der Waals surface area contributed by atoms with Crippen molar-refractivity contribution in [3.63, 3.8) is 0 Å². The summed E-state index contributed by atoms with van der Waals surface area (Å²) in [5, 5.41) is 9.86. The molecular weight excluding hydrogens is 310 g/mol. The Labute approximate surface area is 150 Å². The van der Waals surface area contributed by atoms with Gasteiger partial charge in [-0.05, 0) is 74.8 Å². The first kappa shape index (κ1) is 15.9. The highest BCUT2D eigenvalue weighted by Crippen LogP contribution is 2.53. The zero-order valence-corrected chi connectivity index (χ0v) is 15.2. The van der Waals surface area contributed by atoms with Gasteiger partial charge < -0.3 is 10.0 Å². The lowest BCUT2D eigenvalue weighted by atomic mass is 9.69. The lowest BCUT2D eigenvalue weighted by molar-refractivity contribution is -0.161. The second kappa shape index (κ2) is 5.33. The Morgan fingerprint density at radius 3 is 2.16 bits per heavy atom.